The van der Waals surface area contributed by atoms with Crippen LogP contribution in [-0.4, -0.2) is 25.6 Å². The standard InChI is InChI=1S/C24H26N2O5/c1-15-6-8-19(18(10-15)24(2,3)4)30-14-22(27)31-20-9-7-16(12-21(20)29-5)11-17(13-25)23(26)28/h6-12H,14H2,1-5H3,(H2,26,28)/b17-11+. The molecule has 0 bridgehead atoms. The highest BCUT2D eigenvalue weighted by atomic mass is 16.6. The van der Waals surface area contributed by atoms with Gasteiger partial charge in [0.05, 0.1) is 7.11 Å². The van der Waals surface area contributed by atoms with Crippen LogP contribution in [0.3, 0.4) is 0 Å². The summed E-state index contributed by atoms with van der Waals surface area (Å²) in [5.74, 6) is -0.366. The van der Waals surface area contributed by atoms with E-state index in [9.17, 15) is 9.59 Å². The van der Waals surface area contributed by atoms with Gasteiger partial charge in [-0.3, -0.25) is 4.79 Å². The van der Waals surface area contributed by atoms with E-state index in [2.05, 4.69) is 20.8 Å². The van der Waals surface area contributed by atoms with Gasteiger partial charge in [0.1, 0.15) is 17.4 Å². The Bertz CT molecular complexity index is 1060. The Hall–Kier alpha value is -3.79. The van der Waals surface area contributed by atoms with Crippen molar-refractivity contribution >= 4 is 18.0 Å². The molecule has 0 saturated heterocycles. The number of esters is 1. The van der Waals surface area contributed by atoms with Crippen molar-refractivity contribution < 1.29 is 23.8 Å². The number of nitriles is 1. The number of ether oxygens (including phenoxy) is 3. The summed E-state index contributed by atoms with van der Waals surface area (Å²) in [5.41, 5.74) is 7.40. The number of aryl methyl sites for hydroxylation is 1. The van der Waals surface area contributed by atoms with Gasteiger partial charge in [0, 0.05) is 0 Å². The van der Waals surface area contributed by atoms with E-state index in [1.165, 1.54) is 25.3 Å². The maximum Gasteiger partial charge on any atom is 0.349 e. The highest BCUT2D eigenvalue weighted by Gasteiger charge is 2.20. The molecule has 0 radical (unpaired) electrons. The number of primary amides is 1. The molecule has 0 aromatic heterocycles. The number of benzene rings is 2. The van der Waals surface area contributed by atoms with Gasteiger partial charge in [0.15, 0.2) is 18.1 Å². The Morgan fingerprint density at radius 3 is 2.35 bits per heavy atom. The molecule has 1 amide bonds. The molecule has 7 nitrogen and oxygen atoms in total. The van der Waals surface area contributed by atoms with E-state index in [1.807, 2.05) is 25.1 Å². The van der Waals surface area contributed by atoms with Crippen molar-refractivity contribution in [1.29, 1.82) is 5.26 Å². The highest BCUT2D eigenvalue weighted by molar-refractivity contribution is 6.00. The van der Waals surface area contributed by atoms with Crippen molar-refractivity contribution in [3.8, 4) is 23.3 Å². The second-order valence-electron chi connectivity index (χ2n) is 7.96. The minimum absolute atomic E-state index is 0.148. The summed E-state index contributed by atoms with van der Waals surface area (Å²) in [6.45, 7) is 7.94. The third kappa shape index (κ3) is 6.34. The van der Waals surface area contributed by atoms with E-state index >= 15 is 0 Å². The predicted octanol–water partition coefficient (Wildman–Crippen LogP) is 3.68. The average molecular weight is 422 g/mol. The zero-order valence-electron chi connectivity index (χ0n) is 18.3. The minimum Gasteiger partial charge on any atom is -0.493 e. The Morgan fingerprint density at radius 1 is 1.10 bits per heavy atom. The van der Waals surface area contributed by atoms with Gasteiger partial charge in [0.2, 0.25) is 0 Å². The molecule has 0 saturated carbocycles. The number of nitrogens with two attached hydrogens (primary N) is 1. The summed E-state index contributed by atoms with van der Waals surface area (Å²) in [7, 11) is 1.41. The molecule has 2 N–H and O–H groups in total. The number of hydrogen-bond donors (Lipinski definition) is 1. The maximum absolute atomic E-state index is 12.4. The molecule has 0 aliphatic carbocycles. The first-order valence-corrected chi connectivity index (χ1v) is 9.59. The largest absolute Gasteiger partial charge is 0.493 e. The number of hydrogen-bond acceptors (Lipinski definition) is 6. The first kappa shape index (κ1) is 23.5. The summed E-state index contributed by atoms with van der Waals surface area (Å²) in [5, 5.41) is 8.96. The van der Waals surface area contributed by atoms with Gasteiger partial charge in [-0.05, 0) is 47.7 Å². The Labute approximate surface area is 182 Å². The van der Waals surface area contributed by atoms with Crippen LogP contribution in [0.5, 0.6) is 17.2 Å². The van der Waals surface area contributed by atoms with E-state index < -0.39 is 11.9 Å². The van der Waals surface area contributed by atoms with Gasteiger partial charge in [-0.1, -0.05) is 44.5 Å². The van der Waals surface area contributed by atoms with Crippen LogP contribution in [0.2, 0.25) is 0 Å². The van der Waals surface area contributed by atoms with Crippen LogP contribution >= 0.6 is 0 Å². The molecular weight excluding hydrogens is 396 g/mol. The minimum atomic E-state index is -0.833. The highest BCUT2D eigenvalue weighted by Crippen LogP contribution is 2.32. The fraction of sp³-hybridized carbons (Fsp3) is 0.292. The number of amides is 1. The van der Waals surface area contributed by atoms with E-state index in [0.29, 0.717) is 11.3 Å². The lowest BCUT2D eigenvalue weighted by molar-refractivity contribution is -0.136. The topological polar surface area (TPSA) is 112 Å². The first-order chi connectivity index (χ1) is 14.5. The molecule has 7 heteroatoms. The van der Waals surface area contributed by atoms with Gasteiger partial charge < -0.3 is 19.9 Å². The zero-order valence-corrected chi connectivity index (χ0v) is 18.3. The Kier molecular flexibility index (Phi) is 7.43. The third-order valence-corrected chi connectivity index (χ3v) is 4.40. The number of nitrogens with zero attached hydrogens (tertiary/aromatic N) is 1. The lowest BCUT2D eigenvalue weighted by atomic mass is 9.85. The first-order valence-electron chi connectivity index (χ1n) is 9.59. The zero-order chi connectivity index (χ0) is 23.2. The smallest absolute Gasteiger partial charge is 0.349 e. The monoisotopic (exact) mass is 422 g/mol. The number of methoxy groups -OCH3 is 1. The molecule has 0 aliphatic rings. The fourth-order valence-electron chi connectivity index (χ4n) is 2.83. The summed E-state index contributed by atoms with van der Waals surface area (Å²) < 4.78 is 16.4. The van der Waals surface area contributed by atoms with Crippen molar-refractivity contribution in [2.24, 2.45) is 5.73 Å². The average Bonchev–Trinajstić information content (AvgIpc) is 2.70. The molecule has 31 heavy (non-hydrogen) atoms. The van der Waals surface area contributed by atoms with Gasteiger partial charge in [0.25, 0.3) is 5.91 Å². The number of rotatable bonds is 7. The molecular formula is C24H26N2O5. The van der Waals surface area contributed by atoms with Crippen molar-refractivity contribution in [1.82, 2.24) is 0 Å². The molecule has 2 aromatic carbocycles. The van der Waals surface area contributed by atoms with Crippen molar-refractivity contribution in [2.45, 2.75) is 33.1 Å². The second-order valence-corrected chi connectivity index (χ2v) is 7.96. The molecule has 2 aromatic rings. The van der Waals surface area contributed by atoms with Crippen LogP contribution in [0.25, 0.3) is 6.08 Å². The number of carbonyl (C=O) groups is 2. The van der Waals surface area contributed by atoms with Gasteiger partial charge in [-0.2, -0.15) is 5.26 Å². The third-order valence-electron chi connectivity index (χ3n) is 4.40. The van der Waals surface area contributed by atoms with Crippen LogP contribution in [0.15, 0.2) is 42.0 Å². The molecule has 0 heterocycles. The van der Waals surface area contributed by atoms with Crippen molar-refractivity contribution in [3.05, 3.63) is 58.7 Å². The van der Waals surface area contributed by atoms with Crippen molar-refractivity contribution in [2.75, 3.05) is 13.7 Å². The molecule has 0 atom stereocenters. The summed E-state index contributed by atoms with van der Waals surface area (Å²) in [6.07, 6.45) is 1.32. The van der Waals surface area contributed by atoms with Gasteiger partial charge >= 0.3 is 5.97 Å². The van der Waals surface area contributed by atoms with Gasteiger partial charge in [-0.25, -0.2) is 4.79 Å². The SMILES string of the molecule is COc1cc(/C=C(\C#N)C(N)=O)ccc1OC(=O)COc1ccc(C)cc1C(C)(C)C. The van der Waals surface area contributed by atoms with E-state index in [1.54, 1.807) is 12.1 Å². The van der Waals surface area contributed by atoms with Crippen LogP contribution in [0, 0.1) is 18.3 Å². The molecule has 2 rings (SSSR count). The lowest BCUT2D eigenvalue weighted by Crippen LogP contribution is -2.20. The lowest BCUT2D eigenvalue weighted by Gasteiger charge is -2.23. The Balaban J connectivity index is 2.15. The predicted molar refractivity (Wildman–Crippen MR) is 117 cm³/mol. The summed E-state index contributed by atoms with van der Waals surface area (Å²) in [6, 6.07) is 12.1. The van der Waals surface area contributed by atoms with Crippen LogP contribution in [0.1, 0.15) is 37.5 Å². The number of carbonyl (C=O) groups excluding carboxylic acids is 2. The Morgan fingerprint density at radius 2 is 1.77 bits per heavy atom. The van der Waals surface area contributed by atoms with Crippen LogP contribution in [-0.2, 0) is 15.0 Å². The summed E-state index contributed by atoms with van der Waals surface area (Å²) >= 11 is 0. The van der Waals surface area contributed by atoms with E-state index in [-0.39, 0.29) is 29.1 Å². The normalized spacial score (nSPS) is 11.4. The molecule has 0 unspecified atom stereocenters. The van der Waals surface area contributed by atoms with Crippen LogP contribution < -0.4 is 19.9 Å². The molecule has 0 fully saturated rings. The van der Waals surface area contributed by atoms with Crippen LogP contribution in [0.4, 0.5) is 0 Å². The molecule has 162 valence electrons. The van der Waals surface area contributed by atoms with Gasteiger partial charge in [-0.15, -0.1) is 0 Å². The maximum atomic E-state index is 12.4. The quantitative estimate of drug-likeness (QED) is 0.315. The molecule has 0 aliphatic heterocycles. The van der Waals surface area contributed by atoms with E-state index in [0.717, 1.165) is 11.1 Å². The molecule has 0 spiro atoms. The van der Waals surface area contributed by atoms with E-state index in [4.69, 9.17) is 25.2 Å². The van der Waals surface area contributed by atoms with Crippen molar-refractivity contribution in [3.63, 3.8) is 0 Å². The second kappa shape index (κ2) is 9.81. The summed E-state index contributed by atoms with van der Waals surface area (Å²) in [4.78, 5) is 23.6. The fourth-order valence-corrected chi connectivity index (χ4v) is 2.83.